The number of rotatable bonds is 22. The van der Waals surface area contributed by atoms with Crippen LogP contribution >= 0.6 is 35.2 Å². The summed E-state index contributed by atoms with van der Waals surface area (Å²) in [5.41, 5.74) is 5.83. The first-order valence-corrected chi connectivity index (χ1v) is 29.8. The number of nitrogens with two attached hydrogens (primary N) is 1. The van der Waals surface area contributed by atoms with E-state index < -0.39 is 84.5 Å². The fraction of sp³-hybridized carbons (Fsp3) is 0.711. The van der Waals surface area contributed by atoms with Crippen molar-refractivity contribution in [3.63, 3.8) is 0 Å². The van der Waals surface area contributed by atoms with Crippen molar-refractivity contribution in [2.45, 2.75) is 123 Å². The Morgan fingerprint density at radius 1 is 1.04 bits per heavy atom. The van der Waals surface area contributed by atoms with Gasteiger partial charge in [-0.1, -0.05) is 58.0 Å². The molecule has 6 N–H and O–H groups in total. The predicted molar refractivity (Wildman–Crippen MR) is 260 cm³/mol. The molecule has 0 radical (unpaired) electrons. The number of carbonyl (C=O) groups is 2. The molecule has 2 unspecified atom stereocenters. The molecule has 1 aliphatic heterocycles. The van der Waals surface area contributed by atoms with Crippen LogP contribution in [0.5, 0.6) is 0 Å². The highest BCUT2D eigenvalue weighted by Gasteiger charge is 2.59. The number of ketones is 1. The van der Waals surface area contributed by atoms with E-state index in [2.05, 4.69) is 54.5 Å². The molecule has 74 heavy (non-hydrogen) atoms. The van der Waals surface area contributed by atoms with E-state index in [9.17, 15) is 63.3 Å². The third-order valence-corrected chi connectivity index (χ3v) is 19.7. The predicted octanol–water partition coefficient (Wildman–Crippen LogP) is 2.03. The van der Waals surface area contributed by atoms with E-state index in [-0.39, 0.29) is 69.9 Å². The van der Waals surface area contributed by atoms with E-state index in [1.54, 1.807) is 6.08 Å². The first-order valence-electron chi connectivity index (χ1n) is 24.4. The van der Waals surface area contributed by atoms with E-state index in [1.165, 1.54) is 32.3 Å². The second kappa shape index (κ2) is 23.0. The molecule has 4 aliphatic carbocycles. The number of allylic oxidation sites excluding steroid dienone is 2. The molecule has 29 heteroatoms. The van der Waals surface area contributed by atoms with Crippen LogP contribution < -0.4 is 25.7 Å². The van der Waals surface area contributed by atoms with Crippen molar-refractivity contribution < 1.29 is 85.9 Å². The summed E-state index contributed by atoms with van der Waals surface area (Å²) in [7, 11) is -17.0. The van der Waals surface area contributed by atoms with Crippen LogP contribution in [0.4, 0.5) is 5.82 Å². The van der Waals surface area contributed by atoms with Crippen molar-refractivity contribution in [2.75, 3.05) is 37.8 Å². The maximum Gasteiger partial charge on any atom is 0.481 e. The molecular weight excluding hydrogens is 1050 g/mol. The molecule has 2 aromatic rings. The van der Waals surface area contributed by atoms with E-state index >= 15 is 0 Å². The minimum absolute atomic E-state index is 0.00507. The molecule has 4 fully saturated rings. The number of anilines is 1. The molecule has 3 saturated carbocycles. The van der Waals surface area contributed by atoms with Gasteiger partial charge in [-0.15, -0.1) is 0 Å². The smallest absolute Gasteiger partial charge is 0.481 e. The molecule has 1 saturated heterocycles. The van der Waals surface area contributed by atoms with Crippen LogP contribution in [0.3, 0.4) is 0 Å². The van der Waals surface area contributed by atoms with Gasteiger partial charge in [-0.3, -0.25) is 23.2 Å². The lowest BCUT2D eigenvalue weighted by atomic mass is 9.46. The number of aliphatic hydroxyl groups is 2. The highest BCUT2D eigenvalue weighted by atomic mass is 32.2. The summed E-state index contributed by atoms with van der Waals surface area (Å²) in [4.78, 5) is 88.0. The molecule has 5 aliphatic rings. The lowest BCUT2D eigenvalue weighted by molar-refractivity contribution is -0.347. The zero-order valence-electron chi connectivity index (χ0n) is 41.6. The number of carbonyl (C=O) groups excluding carboxylic acids is 2. The number of aliphatic imine (C=N–C) groups is 2. The number of nitrogen functional groups attached to an aromatic ring is 1. The van der Waals surface area contributed by atoms with E-state index in [0.717, 1.165) is 61.1 Å². The summed E-state index contributed by atoms with van der Waals surface area (Å²) in [6.45, 7) is 7.03. The zero-order chi connectivity index (χ0) is 54.2. The monoisotopic (exact) mass is 1120 g/mol. The van der Waals surface area contributed by atoms with Gasteiger partial charge in [-0.2, -0.15) is 4.31 Å². The largest absolute Gasteiger partial charge is 0.862 e. The highest BCUT2D eigenvalue weighted by molar-refractivity contribution is 8.14. The van der Waals surface area contributed by atoms with Crippen LogP contribution in [0.1, 0.15) is 98.6 Å². The van der Waals surface area contributed by atoms with Gasteiger partial charge in [0.25, 0.3) is 0 Å². The van der Waals surface area contributed by atoms with Gasteiger partial charge >= 0.3 is 15.6 Å². The van der Waals surface area contributed by atoms with Crippen molar-refractivity contribution in [2.24, 2.45) is 55.8 Å². The van der Waals surface area contributed by atoms with Gasteiger partial charge in [0.2, 0.25) is 5.12 Å². The van der Waals surface area contributed by atoms with Crippen LogP contribution in [-0.2, 0) is 45.9 Å². The molecule has 0 aromatic carbocycles. The van der Waals surface area contributed by atoms with Gasteiger partial charge in [0, 0.05) is 30.7 Å². The molecule has 2 aromatic heterocycles. The Bertz CT molecular complexity index is 2680. The Morgan fingerprint density at radius 2 is 1.77 bits per heavy atom. The lowest BCUT2D eigenvalue weighted by Crippen LogP contribution is -2.50. The number of hydrogen-bond donors (Lipinski definition) is 5. The Labute approximate surface area is 432 Å². The molecule has 0 bridgehead atoms. The number of hydrogen-bond acceptors (Lipinski definition) is 23. The molecule has 0 amide bonds. The van der Waals surface area contributed by atoms with E-state index in [1.807, 2.05) is 12.2 Å². The average molecular weight is 1120 g/mol. The molecular formula is C45H64N7O18P3S-4. The maximum absolute atomic E-state index is 12.8. The van der Waals surface area contributed by atoms with Crippen molar-refractivity contribution in [1.82, 2.24) is 19.5 Å². The quantitative estimate of drug-likeness (QED) is 0.0370. The molecule has 25 nitrogen and oxygen atoms in total. The number of nitrogens with zero attached hydrogens (tertiary/aromatic N) is 6. The van der Waals surface area contributed by atoms with Gasteiger partial charge in [0.1, 0.15) is 30.2 Å². The maximum atomic E-state index is 12.8. The van der Waals surface area contributed by atoms with Crippen molar-refractivity contribution in [1.29, 1.82) is 0 Å². The number of ether oxygens (including phenoxy) is 1. The molecule has 412 valence electrons. The van der Waals surface area contributed by atoms with Gasteiger partial charge in [-0.25, -0.2) is 24.1 Å². The van der Waals surface area contributed by atoms with Crippen LogP contribution in [0.2, 0.25) is 0 Å². The average Bonchev–Trinajstić information content (AvgIpc) is 4.00. The number of phosphoric acid groups is 3. The second-order valence-electron chi connectivity index (χ2n) is 21.0. The number of aliphatic hydroxyl groups excluding tert-OH is 2. The van der Waals surface area contributed by atoms with Gasteiger partial charge in [-0.05, 0) is 116 Å². The van der Waals surface area contributed by atoms with Crippen LogP contribution in [-0.4, -0.2) is 119 Å². The van der Waals surface area contributed by atoms with Crippen LogP contribution in [0, 0.1) is 45.8 Å². The molecule has 3 heterocycles. The third kappa shape index (κ3) is 13.3. The fourth-order valence-electron chi connectivity index (χ4n) is 12.0. The molecule has 7 rings (SSSR count). The van der Waals surface area contributed by atoms with E-state index in [0.29, 0.717) is 30.1 Å². The number of phosphoric ester groups is 3. The Balaban J connectivity index is 0.816. The second-order valence-corrected chi connectivity index (χ2v) is 26.2. The third-order valence-electron chi connectivity index (χ3n) is 15.8. The van der Waals surface area contributed by atoms with Gasteiger partial charge in [0.15, 0.2) is 23.5 Å². The number of fused-ring (bicyclic) bond motifs is 6. The summed E-state index contributed by atoms with van der Waals surface area (Å²) in [6.07, 6.45) is 6.38. The Hall–Kier alpha value is -3.29. The normalized spacial score (nSPS) is 32.4. The summed E-state index contributed by atoms with van der Waals surface area (Å²) in [5, 5.41) is 46.6. The van der Waals surface area contributed by atoms with Crippen LogP contribution in [0.25, 0.3) is 11.2 Å². The first-order chi connectivity index (χ1) is 34.5. The summed E-state index contributed by atoms with van der Waals surface area (Å²) in [5.74, 6) is 1.31. The Morgan fingerprint density at radius 3 is 2.50 bits per heavy atom. The van der Waals surface area contributed by atoms with Crippen molar-refractivity contribution in [3.05, 3.63) is 36.5 Å². The zero-order valence-corrected chi connectivity index (χ0v) is 45.1. The summed E-state index contributed by atoms with van der Waals surface area (Å²) >= 11 is 1.04. The Kier molecular flexibility index (Phi) is 18.1. The number of thioether (sulfide) groups is 1. The minimum atomic E-state index is -5.84. The first kappa shape index (κ1) is 58.4. The number of aromatic nitrogens is 4. The minimum Gasteiger partial charge on any atom is -0.862 e. The lowest BCUT2D eigenvalue weighted by Gasteiger charge is -2.58. The summed E-state index contributed by atoms with van der Waals surface area (Å²) in [6, 6.07) is 0. The standard InChI is InChI=1S/C45H68N7O18P3S/c1-25(29-9-10-30-28-8-7-26-20-27(53)12-15-44(26,4)31(28)13-16-45(29,30)5)6-11-34(55)74-19-18-47-33(54)14-17-48-41(58)38(57)43(2,3)22-67-73(64,65)70-72(62,63)66-21-32-37(69-71(59,60)61)36(56)42(68-32)52-24-51-35-39(46)49-23-50-40(35)52/h6,11,20,23-25,28-32,36-38,42,56-57H,7-10,12-19,21-22H2,1-5H3,(H,47,54)(H,48,58)(H,62,63)(H,64,65)(H2,46,49,50)(H2,59,60,61)/p-4/t25-,28+,29-,30+,31+,32-,36-,37-,38+,42-,44+,45-/m1/s1. The van der Waals surface area contributed by atoms with Gasteiger partial charge in [0.05, 0.1) is 33.5 Å². The van der Waals surface area contributed by atoms with Crippen molar-refractivity contribution in [3.8, 4) is 0 Å². The topological polar surface area (TPSA) is 399 Å². The van der Waals surface area contributed by atoms with Gasteiger partial charge < -0.3 is 69.5 Å². The SMILES string of the molecule is C[C@H](C=CC(=O)SCCN=C([O-])CCN=C([O-])[C@H](O)C(C)(C)COP(=O)(O)OP(=O)(O)OC[C@H]1O[C@@H](n2cnc3c(N)ncnc32)[C@H](O)[C@@H]1OP(=O)([O-])[O-])[C@H]1CC[C@H]2[C@@H]3CCC4=CC(=O)CC[C@]4(C)[C@H]3CC[C@]12C. The van der Waals surface area contributed by atoms with Crippen LogP contribution in [0.15, 0.2) is 46.4 Å². The van der Waals surface area contributed by atoms with Crippen molar-refractivity contribution >= 4 is 74.9 Å². The summed E-state index contributed by atoms with van der Waals surface area (Å²) < 4.78 is 62.0. The fourth-order valence-corrected chi connectivity index (χ4v) is 15.4. The molecule has 14 atom stereocenters. The number of imidazole rings is 1. The highest BCUT2D eigenvalue weighted by Crippen LogP contribution is 2.68. The molecule has 0 spiro atoms. The van der Waals surface area contributed by atoms with E-state index in [4.69, 9.17) is 19.5 Å².